The minimum atomic E-state index is -4.51. The van der Waals surface area contributed by atoms with Crippen molar-refractivity contribution in [3.05, 3.63) is 35.1 Å². The summed E-state index contributed by atoms with van der Waals surface area (Å²) in [6.07, 6.45) is -8.07. The Balaban J connectivity index is 0.000000407. The molecule has 1 aliphatic rings. The zero-order valence-corrected chi connectivity index (χ0v) is 16.9. The molecular weight excluding hydrogens is 428 g/mol. The molecule has 8 nitrogen and oxygen atoms in total. The highest BCUT2D eigenvalue weighted by Crippen LogP contribution is 2.30. The van der Waals surface area contributed by atoms with E-state index in [-0.39, 0.29) is 6.04 Å². The molecule has 1 aromatic rings. The van der Waals surface area contributed by atoms with E-state index in [4.69, 9.17) is 20.4 Å². The van der Waals surface area contributed by atoms with Crippen molar-refractivity contribution >= 4 is 11.9 Å². The van der Waals surface area contributed by atoms with Gasteiger partial charge in [-0.3, -0.25) is 4.90 Å². The fraction of sp³-hybridized carbons (Fsp3) is 0.579. The van der Waals surface area contributed by atoms with Crippen molar-refractivity contribution in [2.75, 3.05) is 13.1 Å². The van der Waals surface area contributed by atoms with Gasteiger partial charge in [0.1, 0.15) is 5.82 Å². The van der Waals surface area contributed by atoms with Gasteiger partial charge in [-0.25, -0.2) is 14.0 Å². The van der Waals surface area contributed by atoms with Crippen molar-refractivity contribution in [2.24, 2.45) is 0 Å². The third-order valence-electron chi connectivity index (χ3n) is 4.71. The van der Waals surface area contributed by atoms with Gasteiger partial charge in [0.25, 0.3) is 0 Å². The van der Waals surface area contributed by atoms with E-state index in [1.807, 2.05) is 13.8 Å². The standard InChI is InChI=1S/C15H20F4N2.C4H6O6/c1-10(2)21(13-5-6-20-8-13)9-11-3-4-12(7-14(11)16)15(17,18)19;5-1(3(7)8)2(6)4(9)10/h3-4,7,10,13,20H,5-6,8-9H2,1-2H3;1-2,5-6H,(H,7,8)(H,9,10)/t13-;/m0./s1. The van der Waals surface area contributed by atoms with Crippen LogP contribution in [0.1, 0.15) is 31.4 Å². The van der Waals surface area contributed by atoms with Gasteiger partial charge in [0.2, 0.25) is 0 Å². The molecule has 0 aromatic heterocycles. The Kier molecular flexibility index (Phi) is 9.81. The second-order valence-corrected chi connectivity index (χ2v) is 7.28. The average molecular weight is 454 g/mol. The predicted octanol–water partition coefficient (Wildman–Crippen LogP) is 1.29. The number of benzene rings is 1. The SMILES string of the molecule is CC(C)N(Cc1ccc(C(F)(F)F)cc1F)[C@H]1CCNC1.O=C(O)C(O)C(O)C(=O)O. The van der Waals surface area contributed by atoms with Crippen LogP contribution in [0.3, 0.4) is 0 Å². The number of aliphatic hydroxyl groups excluding tert-OH is 2. The molecular formula is C19H26F4N2O6. The van der Waals surface area contributed by atoms with Crippen LogP contribution >= 0.6 is 0 Å². The number of carboxylic acids is 2. The van der Waals surface area contributed by atoms with Crippen LogP contribution in [0.5, 0.6) is 0 Å². The molecule has 0 saturated carbocycles. The van der Waals surface area contributed by atoms with Crippen LogP contribution in [0.2, 0.25) is 0 Å². The summed E-state index contributed by atoms with van der Waals surface area (Å²) < 4.78 is 51.6. The van der Waals surface area contributed by atoms with Gasteiger partial charge >= 0.3 is 18.1 Å². The third-order valence-corrected chi connectivity index (χ3v) is 4.71. The number of carbonyl (C=O) groups is 2. The minimum Gasteiger partial charge on any atom is -0.479 e. The summed E-state index contributed by atoms with van der Waals surface area (Å²) in [5.74, 6) is -4.33. The van der Waals surface area contributed by atoms with Crippen LogP contribution in [0.25, 0.3) is 0 Å². The fourth-order valence-corrected chi connectivity index (χ4v) is 2.97. The largest absolute Gasteiger partial charge is 0.479 e. The second-order valence-electron chi connectivity index (χ2n) is 7.28. The number of nitrogens with one attached hydrogen (secondary N) is 1. The van der Waals surface area contributed by atoms with Crippen molar-refractivity contribution in [1.82, 2.24) is 10.2 Å². The van der Waals surface area contributed by atoms with Crippen LogP contribution in [0.15, 0.2) is 18.2 Å². The number of carboxylic acid groups (broad SMARTS) is 2. The molecule has 0 aliphatic carbocycles. The molecule has 31 heavy (non-hydrogen) atoms. The molecule has 1 saturated heterocycles. The van der Waals surface area contributed by atoms with E-state index in [1.54, 1.807) is 0 Å². The molecule has 0 bridgehead atoms. The molecule has 0 radical (unpaired) electrons. The molecule has 1 fully saturated rings. The van der Waals surface area contributed by atoms with E-state index >= 15 is 0 Å². The number of alkyl halides is 3. The topological polar surface area (TPSA) is 130 Å². The molecule has 0 spiro atoms. The number of nitrogens with zero attached hydrogens (tertiary/aromatic N) is 1. The summed E-state index contributed by atoms with van der Waals surface area (Å²) >= 11 is 0. The summed E-state index contributed by atoms with van der Waals surface area (Å²) in [7, 11) is 0. The predicted molar refractivity (Wildman–Crippen MR) is 101 cm³/mol. The lowest BCUT2D eigenvalue weighted by Gasteiger charge is -2.32. The van der Waals surface area contributed by atoms with Crippen LogP contribution in [0.4, 0.5) is 17.6 Å². The van der Waals surface area contributed by atoms with Crippen molar-refractivity contribution < 1.29 is 47.6 Å². The normalized spacial score (nSPS) is 18.5. The number of aliphatic carboxylic acids is 2. The van der Waals surface area contributed by atoms with Crippen LogP contribution in [0, 0.1) is 5.82 Å². The number of rotatable bonds is 7. The van der Waals surface area contributed by atoms with Gasteiger partial charge in [-0.2, -0.15) is 13.2 Å². The maximum absolute atomic E-state index is 13.9. The summed E-state index contributed by atoms with van der Waals surface area (Å²) in [6.45, 7) is 6.11. The maximum atomic E-state index is 13.9. The van der Waals surface area contributed by atoms with Crippen molar-refractivity contribution in [1.29, 1.82) is 0 Å². The van der Waals surface area contributed by atoms with Gasteiger partial charge in [-0.15, -0.1) is 0 Å². The summed E-state index contributed by atoms with van der Waals surface area (Å²) in [5, 5.41) is 35.8. The zero-order chi connectivity index (χ0) is 23.9. The average Bonchev–Trinajstić information content (AvgIpc) is 3.19. The molecule has 3 atom stereocenters. The number of aliphatic hydroxyl groups is 2. The summed E-state index contributed by atoms with van der Waals surface area (Å²) in [5.41, 5.74) is -0.633. The monoisotopic (exact) mass is 454 g/mol. The van der Waals surface area contributed by atoms with E-state index in [9.17, 15) is 27.2 Å². The Hall–Kier alpha value is -2.28. The Bertz CT molecular complexity index is 735. The lowest BCUT2D eigenvalue weighted by Crippen LogP contribution is -2.41. The molecule has 12 heteroatoms. The fourth-order valence-electron chi connectivity index (χ4n) is 2.97. The smallest absolute Gasteiger partial charge is 0.416 e. The van der Waals surface area contributed by atoms with Crippen molar-refractivity contribution in [3.8, 4) is 0 Å². The van der Waals surface area contributed by atoms with Gasteiger partial charge in [0.15, 0.2) is 12.2 Å². The first kappa shape index (κ1) is 26.8. The number of hydrogen-bond donors (Lipinski definition) is 5. The van der Waals surface area contributed by atoms with E-state index in [0.29, 0.717) is 24.2 Å². The van der Waals surface area contributed by atoms with Gasteiger partial charge in [0.05, 0.1) is 5.56 Å². The molecule has 0 amide bonds. The molecule has 2 rings (SSSR count). The lowest BCUT2D eigenvalue weighted by atomic mass is 10.1. The van der Waals surface area contributed by atoms with E-state index in [2.05, 4.69) is 10.2 Å². The molecule has 176 valence electrons. The van der Waals surface area contributed by atoms with Crippen LogP contribution < -0.4 is 5.32 Å². The lowest BCUT2D eigenvalue weighted by molar-refractivity contribution is -0.165. The Labute approximate surface area is 176 Å². The Morgan fingerprint density at radius 3 is 2.06 bits per heavy atom. The second kappa shape index (κ2) is 11.4. The van der Waals surface area contributed by atoms with Gasteiger partial charge in [-0.1, -0.05) is 6.07 Å². The highest BCUT2D eigenvalue weighted by atomic mass is 19.4. The molecule has 1 aromatic carbocycles. The number of halogens is 4. The van der Waals surface area contributed by atoms with Crippen LogP contribution in [-0.4, -0.2) is 74.6 Å². The van der Waals surface area contributed by atoms with Crippen molar-refractivity contribution in [3.63, 3.8) is 0 Å². The molecule has 1 aliphatic heterocycles. The highest BCUT2D eigenvalue weighted by Gasteiger charge is 2.32. The summed E-state index contributed by atoms with van der Waals surface area (Å²) in [6, 6.07) is 3.28. The first-order valence-corrected chi connectivity index (χ1v) is 9.39. The molecule has 2 unspecified atom stereocenters. The third kappa shape index (κ3) is 8.05. The van der Waals surface area contributed by atoms with E-state index < -0.39 is 41.7 Å². The van der Waals surface area contributed by atoms with Crippen molar-refractivity contribution in [2.45, 2.75) is 57.3 Å². The van der Waals surface area contributed by atoms with Gasteiger partial charge < -0.3 is 25.7 Å². The number of hydrogen-bond acceptors (Lipinski definition) is 6. The van der Waals surface area contributed by atoms with Gasteiger partial charge in [-0.05, 0) is 38.9 Å². The van der Waals surface area contributed by atoms with Crippen LogP contribution in [-0.2, 0) is 22.3 Å². The molecule has 5 N–H and O–H groups in total. The van der Waals surface area contributed by atoms with E-state index in [1.165, 1.54) is 6.07 Å². The first-order chi connectivity index (χ1) is 14.3. The zero-order valence-electron chi connectivity index (χ0n) is 16.9. The first-order valence-electron chi connectivity index (χ1n) is 9.39. The summed E-state index contributed by atoms with van der Waals surface area (Å²) in [4.78, 5) is 21.7. The van der Waals surface area contributed by atoms with E-state index in [0.717, 1.165) is 25.6 Å². The quantitative estimate of drug-likeness (QED) is 0.390. The molecule has 1 heterocycles. The Morgan fingerprint density at radius 2 is 1.71 bits per heavy atom. The van der Waals surface area contributed by atoms with Gasteiger partial charge in [0, 0.05) is 30.7 Å². The minimum absolute atomic E-state index is 0.205. The highest BCUT2D eigenvalue weighted by molar-refractivity contribution is 5.83. The maximum Gasteiger partial charge on any atom is 0.416 e. The Morgan fingerprint density at radius 1 is 1.16 bits per heavy atom.